The zero-order chi connectivity index (χ0) is 18.5. The third-order valence-electron chi connectivity index (χ3n) is 5.56. The Balaban J connectivity index is 1.24. The maximum Gasteiger partial charge on any atom is 0.281 e. The van der Waals surface area contributed by atoms with Gasteiger partial charge >= 0.3 is 0 Å². The van der Waals surface area contributed by atoms with Gasteiger partial charge in [0.15, 0.2) is 6.54 Å². The molecular formula is C19H28N6OS+2. The van der Waals surface area contributed by atoms with Crippen LogP contribution >= 0.6 is 11.3 Å². The SMILES string of the molecule is O=C(C[NH+]1CCN(c2cccc[nH+]2)CC1)Nc1nnc(C2CCCCC2)s1. The number of hydrogen-bond acceptors (Lipinski definition) is 5. The highest BCUT2D eigenvalue weighted by Gasteiger charge is 2.27. The molecule has 2 fully saturated rings. The van der Waals surface area contributed by atoms with Crippen molar-refractivity contribution in [1.82, 2.24) is 10.2 Å². The highest BCUT2D eigenvalue weighted by atomic mass is 32.1. The lowest BCUT2D eigenvalue weighted by atomic mass is 9.90. The molecule has 0 bridgehead atoms. The first-order valence-corrected chi connectivity index (χ1v) is 10.8. The monoisotopic (exact) mass is 388 g/mol. The minimum absolute atomic E-state index is 0.0380. The third kappa shape index (κ3) is 4.81. The number of carbonyl (C=O) groups excluding carboxylic acids is 1. The molecule has 4 rings (SSSR count). The van der Waals surface area contributed by atoms with Crippen molar-refractivity contribution in [3.05, 3.63) is 29.4 Å². The van der Waals surface area contributed by atoms with Crippen LogP contribution in [0.1, 0.15) is 43.0 Å². The molecule has 0 unspecified atom stereocenters. The summed E-state index contributed by atoms with van der Waals surface area (Å²) in [6.45, 7) is 4.31. The van der Waals surface area contributed by atoms with Crippen LogP contribution in [0, 0.1) is 0 Å². The van der Waals surface area contributed by atoms with E-state index in [4.69, 9.17) is 0 Å². The van der Waals surface area contributed by atoms with Crippen molar-refractivity contribution >= 4 is 28.2 Å². The molecule has 7 nitrogen and oxygen atoms in total. The molecule has 2 aromatic heterocycles. The van der Waals surface area contributed by atoms with Crippen molar-refractivity contribution in [1.29, 1.82) is 0 Å². The molecule has 1 saturated heterocycles. The molecule has 0 aromatic carbocycles. The minimum atomic E-state index is 0.0380. The van der Waals surface area contributed by atoms with E-state index in [0.717, 1.165) is 37.0 Å². The van der Waals surface area contributed by atoms with E-state index < -0.39 is 0 Å². The van der Waals surface area contributed by atoms with Gasteiger partial charge in [-0.3, -0.25) is 15.0 Å². The molecular weight excluding hydrogens is 360 g/mol. The Morgan fingerprint density at radius 1 is 1.22 bits per heavy atom. The molecule has 1 saturated carbocycles. The molecule has 3 heterocycles. The van der Waals surface area contributed by atoms with Crippen LogP contribution in [0.5, 0.6) is 0 Å². The summed E-state index contributed by atoms with van der Waals surface area (Å²) in [6, 6.07) is 6.13. The maximum absolute atomic E-state index is 12.4. The number of aromatic nitrogens is 3. The van der Waals surface area contributed by atoms with Gasteiger partial charge in [0, 0.05) is 12.0 Å². The molecule has 1 aliphatic carbocycles. The summed E-state index contributed by atoms with van der Waals surface area (Å²) in [5.41, 5.74) is 0. The number of amides is 1. The van der Waals surface area contributed by atoms with Gasteiger partial charge in [0.25, 0.3) is 11.7 Å². The Hall–Kier alpha value is -2.06. The standard InChI is InChI=1S/C19H26N6OS/c26-17(21-19-23-22-18(27-19)15-6-2-1-3-7-15)14-24-10-12-25(13-11-24)16-8-4-5-9-20-16/h4-5,8-9,15H,1-3,6-7,10-14H2,(H,21,23,26)/p+2. The zero-order valence-electron chi connectivity index (χ0n) is 15.6. The average Bonchev–Trinajstić information content (AvgIpc) is 3.18. The van der Waals surface area contributed by atoms with E-state index in [2.05, 4.69) is 31.5 Å². The van der Waals surface area contributed by atoms with E-state index in [-0.39, 0.29) is 5.91 Å². The van der Waals surface area contributed by atoms with Crippen molar-refractivity contribution in [3.8, 4) is 0 Å². The van der Waals surface area contributed by atoms with E-state index in [9.17, 15) is 4.79 Å². The molecule has 3 N–H and O–H groups in total. The van der Waals surface area contributed by atoms with Crippen LogP contribution in [0.15, 0.2) is 24.4 Å². The zero-order valence-corrected chi connectivity index (χ0v) is 16.4. The summed E-state index contributed by atoms with van der Waals surface area (Å²) < 4.78 is 0. The smallest absolute Gasteiger partial charge is 0.281 e. The maximum atomic E-state index is 12.4. The number of nitrogens with zero attached hydrogens (tertiary/aromatic N) is 3. The van der Waals surface area contributed by atoms with Gasteiger partial charge in [0.1, 0.15) is 31.2 Å². The number of rotatable bonds is 5. The molecule has 1 amide bonds. The molecule has 0 spiro atoms. The average molecular weight is 389 g/mol. The fourth-order valence-corrected chi connectivity index (χ4v) is 4.94. The lowest BCUT2D eigenvalue weighted by Gasteiger charge is -2.27. The van der Waals surface area contributed by atoms with E-state index in [1.165, 1.54) is 37.0 Å². The van der Waals surface area contributed by atoms with Crippen LogP contribution in [-0.2, 0) is 4.79 Å². The van der Waals surface area contributed by atoms with E-state index in [1.54, 1.807) is 11.3 Å². The molecule has 27 heavy (non-hydrogen) atoms. The van der Waals surface area contributed by atoms with Gasteiger partial charge in [-0.2, -0.15) is 0 Å². The second kappa shape index (κ2) is 8.75. The summed E-state index contributed by atoms with van der Waals surface area (Å²) >= 11 is 1.55. The van der Waals surface area contributed by atoms with Gasteiger partial charge in [-0.15, -0.1) is 10.2 Å². The highest BCUT2D eigenvalue weighted by Crippen LogP contribution is 2.35. The molecule has 0 radical (unpaired) electrons. The van der Waals surface area contributed by atoms with E-state index in [1.807, 2.05) is 18.3 Å². The van der Waals surface area contributed by atoms with Crippen molar-refractivity contribution < 1.29 is 14.7 Å². The molecule has 2 aliphatic rings. The van der Waals surface area contributed by atoms with Crippen LogP contribution in [0.3, 0.4) is 0 Å². The molecule has 0 atom stereocenters. The topological polar surface area (TPSA) is 76.7 Å². The van der Waals surface area contributed by atoms with Crippen LogP contribution in [0.4, 0.5) is 10.9 Å². The predicted octanol–water partition coefficient (Wildman–Crippen LogP) is 0.744. The Bertz CT molecular complexity index is 738. The first-order chi connectivity index (χ1) is 13.3. The molecule has 2 aromatic rings. The number of hydrogen-bond donors (Lipinski definition) is 2. The fraction of sp³-hybridized carbons (Fsp3) is 0.579. The molecule has 144 valence electrons. The van der Waals surface area contributed by atoms with Crippen LogP contribution < -0.4 is 20.1 Å². The van der Waals surface area contributed by atoms with Crippen molar-refractivity contribution in [2.24, 2.45) is 0 Å². The highest BCUT2D eigenvalue weighted by molar-refractivity contribution is 7.15. The number of pyridine rings is 1. The number of nitrogens with one attached hydrogen (secondary N) is 3. The van der Waals surface area contributed by atoms with Crippen molar-refractivity contribution in [2.75, 3.05) is 42.9 Å². The van der Waals surface area contributed by atoms with Gasteiger partial charge in [-0.25, -0.2) is 4.98 Å². The van der Waals surface area contributed by atoms with Crippen molar-refractivity contribution in [3.63, 3.8) is 0 Å². The summed E-state index contributed by atoms with van der Waals surface area (Å²) in [4.78, 5) is 19.3. The number of piperazine rings is 1. The Kier molecular flexibility index (Phi) is 5.94. The third-order valence-corrected chi connectivity index (χ3v) is 6.56. The Labute approximate surface area is 163 Å². The molecule has 8 heteroatoms. The Morgan fingerprint density at radius 2 is 2.04 bits per heavy atom. The number of aromatic amines is 1. The second-order valence-electron chi connectivity index (χ2n) is 7.49. The first-order valence-electron chi connectivity index (χ1n) is 9.96. The van der Waals surface area contributed by atoms with Gasteiger partial charge < -0.3 is 4.90 Å². The number of quaternary nitrogens is 1. The predicted molar refractivity (Wildman–Crippen MR) is 105 cm³/mol. The van der Waals surface area contributed by atoms with Crippen LogP contribution in [-0.4, -0.2) is 48.8 Å². The van der Waals surface area contributed by atoms with E-state index >= 15 is 0 Å². The van der Waals surface area contributed by atoms with Gasteiger partial charge in [-0.1, -0.05) is 36.7 Å². The lowest BCUT2D eigenvalue weighted by Crippen LogP contribution is -3.15. The largest absolute Gasteiger partial charge is 0.321 e. The van der Waals surface area contributed by atoms with Gasteiger partial charge in [-0.05, 0) is 18.9 Å². The number of anilines is 2. The van der Waals surface area contributed by atoms with Gasteiger partial charge in [0.2, 0.25) is 5.13 Å². The lowest BCUT2D eigenvalue weighted by molar-refractivity contribution is -0.892. The van der Waals surface area contributed by atoms with E-state index in [0.29, 0.717) is 17.6 Å². The normalized spacial score (nSPS) is 19.2. The summed E-state index contributed by atoms with van der Waals surface area (Å²) in [6.07, 6.45) is 8.25. The minimum Gasteiger partial charge on any atom is -0.321 e. The number of H-pyrrole nitrogens is 1. The van der Waals surface area contributed by atoms with Crippen LogP contribution in [0.2, 0.25) is 0 Å². The quantitative estimate of drug-likeness (QED) is 0.792. The Morgan fingerprint density at radius 3 is 2.78 bits per heavy atom. The number of carbonyl (C=O) groups is 1. The van der Waals surface area contributed by atoms with Crippen LogP contribution in [0.25, 0.3) is 0 Å². The van der Waals surface area contributed by atoms with Crippen molar-refractivity contribution in [2.45, 2.75) is 38.0 Å². The summed E-state index contributed by atoms with van der Waals surface area (Å²) in [7, 11) is 0. The second-order valence-corrected chi connectivity index (χ2v) is 8.50. The summed E-state index contributed by atoms with van der Waals surface area (Å²) in [5, 5.41) is 13.2. The first kappa shape index (κ1) is 18.3. The summed E-state index contributed by atoms with van der Waals surface area (Å²) in [5.74, 6) is 1.72. The molecule has 1 aliphatic heterocycles. The fourth-order valence-electron chi connectivity index (χ4n) is 4.01. The van der Waals surface area contributed by atoms with Gasteiger partial charge in [0.05, 0.1) is 6.20 Å².